The summed E-state index contributed by atoms with van der Waals surface area (Å²) in [5, 5.41) is 2.91. The molecule has 0 saturated carbocycles. The van der Waals surface area contributed by atoms with Crippen molar-refractivity contribution in [1.82, 2.24) is 10.2 Å². The van der Waals surface area contributed by atoms with Crippen molar-refractivity contribution < 1.29 is 22.3 Å². The Kier molecular flexibility index (Phi) is 7.80. The van der Waals surface area contributed by atoms with Crippen molar-refractivity contribution >= 4 is 21.6 Å². The molecule has 184 valence electrons. The molecule has 3 aromatic rings. The quantitative estimate of drug-likeness (QED) is 0.496. The van der Waals surface area contributed by atoms with Crippen molar-refractivity contribution in [3.63, 3.8) is 0 Å². The fourth-order valence-corrected chi connectivity index (χ4v) is 5.25. The number of nitrogens with zero attached hydrogens (tertiary/aromatic N) is 1. The van der Waals surface area contributed by atoms with Crippen LogP contribution in [0.1, 0.15) is 27.0 Å². The highest BCUT2D eigenvalue weighted by molar-refractivity contribution is 7.92. The lowest BCUT2D eigenvalue weighted by Gasteiger charge is -2.27. The minimum atomic E-state index is -3.97. The highest BCUT2D eigenvalue weighted by Crippen LogP contribution is 2.21. The van der Waals surface area contributed by atoms with E-state index in [9.17, 15) is 17.6 Å². The molecule has 3 aromatic carbocycles. The number of carbonyl (C=O) groups excluding carboxylic acids is 1. The Balaban J connectivity index is 1.46. The number of benzene rings is 3. The zero-order chi connectivity index (χ0) is 24.8. The molecule has 4 rings (SSSR count). The van der Waals surface area contributed by atoms with Crippen molar-refractivity contribution in [2.75, 3.05) is 31.0 Å². The van der Waals surface area contributed by atoms with Crippen molar-refractivity contribution in [2.24, 2.45) is 0 Å². The van der Waals surface area contributed by atoms with Gasteiger partial charge in [0, 0.05) is 37.4 Å². The fraction of sp³-hybridized carbons (Fsp3) is 0.269. The SMILES string of the molecule is Cc1ccc(C(=O)NCc2ccccc2CN2CCOCC2)cc1S(=O)(=O)Nc1ccc(F)cc1. The highest BCUT2D eigenvalue weighted by Gasteiger charge is 2.20. The van der Waals surface area contributed by atoms with Crippen LogP contribution in [0.25, 0.3) is 0 Å². The smallest absolute Gasteiger partial charge is 0.262 e. The monoisotopic (exact) mass is 497 g/mol. The van der Waals surface area contributed by atoms with E-state index in [-0.39, 0.29) is 22.1 Å². The molecule has 1 aliphatic heterocycles. The molecule has 0 aliphatic carbocycles. The summed E-state index contributed by atoms with van der Waals surface area (Å²) in [7, 11) is -3.97. The minimum Gasteiger partial charge on any atom is -0.379 e. The standard InChI is InChI=1S/C26H28FN3O4S/c1-19-6-7-20(16-25(19)35(32,33)29-24-10-8-23(27)9-11-24)26(31)28-17-21-4-2-3-5-22(21)18-30-12-14-34-15-13-30/h2-11,16,29H,12-15,17-18H2,1H3,(H,28,31). The fourth-order valence-electron chi connectivity index (χ4n) is 3.92. The molecule has 35 heavy (non-hydrogen) atoms. The van der Waals surface area contributed by atoms with Gasteiger partial charge in [-0.1, -0.05) is 30.3 Å². The average Bonchev–Trinajstić information content (AvgIpc) is 2.85. The molecular weight excluding hydrogens is 469 g/mol. The number of ether oxygens (including phenoxy) is 1. The maximum absolute atomic E-state index is 13.2. The summed E-state index contributed by atoms with van der Waals surface area (Å²) in [6.07, 6.45) is 0. The predicted molar refractivity (Wildman–Crippen MR) is 132 cm³/mol. The number of nitrogens with one attached hydrogen (secondary N) is 2. The van der Waals surface area contributed by atoms with E-state index >= 15 is 0 Å². The number of rotatable bonds is 8. The van der Waals surface area contributed by atoms with E-state index in [0.717, 1.165) is 30.8 Å². The molecule has 0 atom stereocenters. The third-order valence-corrected chi connectivity index (χ3v) is 7.42. The molecule has 7 nitrogen and oxygen atoms in total. The summed E-state index contributed by atoms with van der Waals surface area (Å²) in [4.78, 5) is 15.2. The third kappa shape index (κ3) is 6.45. The number of sulfonamides is 1. The van der Waals surface area contributed by atoms with E-state index in [1.807, 2.05) is 18.2 Å². The Bertz CT molecular complexity index is 1290. The second-order valence-corrected chi connectivity index (χ2v) is 10.1. The maximum atomic E-state index is 13.2. The van der Waals surface area contributed by atoms with E-state index in [1.165, 1.54) is 30.3 Å². The largest absolute Gasteiger partial charge is 0.379 e. The number of amides is 1. The zero-order valence-corrected chi connectivity index (χ0v) is 20.3. The zero-order valence-electron chi connectivity index (χ0n) is 19.5. The van der Waals surface area contributed by atoms with Crippen LogP contribution in [0, 0.1) is 12.7 Å². The molecule has 2 N–H and O–H groups in total. The minimum absolute atomic E-state index is 0.0119. The second kappa shape index (κ2) is 11.0. The molecule has 1 aliphatic rings. The number of hydrogen-bond acceptors (Lipinski definition) is 5. The van der Waals surface area contributed by atoms with Crippen molar-refractivity contribution in [3.8, 4) is 0 Å². The van der Waals surface area contributed by atoms with Gasteiger partial charge in [-0.3, -0.25) is 14.4 Å². The third-order valence-electron chi connectivity index (χ3n) is 5.89. The number of carbonyl (C=O) groups is 1. The van der Waals surface area contributed by atoms with Gasteiger partial charge < -0.3 is 10.1 Å². The van der Waals surface area contributed by atoms with E-state index in [1.54, 1.807) is 19.1 Å². The topological polar surface area (TPSA) is 87.7 Å². The summed E-state index contributed by atoms with van der Waals surface area (Å²) < 4.78 is 46.9. The van der Waals surface area contributed by atoms with Gasteiger partial charge >= 0.3 is 0 Å². The predicted octanol–water partition coefficient (Wildman–Crippen LogP) is 3.70. The Morgan fingerprint density at radius 2 is 1.69 bits per heavy atom. The lowest BCUT2D eigenvalue weighted by atomic mass is 10.1. The van der Waals surface area contributed by atoms with Gasteiger partial charge in [0.05, 0.1) is 18.1 Å². The number of halogens is 1. The van der Waals surface area contributed by atoms with Crippen LogP contribution in [0.15, 0.2) is 71.6 Å². The normalized spacial score (nSPS) is 14.5. The summed E-state index contributed by atoms with van der Waals surface area (Å²) in [5.41, 5.74) is 3.10. The first-order valence-corrected chi connectivity index (χ1v) is 12.8. The molecule has 0 radical (unpaired) electrons. The summed E-state index contributed by atoms with van der Waals surface area (Å²) in [6, 6.07) is 17.5. The molecule has 1 fully saturated rings. The lowest BCUT2D eigenvalue weighted by molar-refractivity contribution is 0.0340. The van der Waals surface area contributed by atoms with Gasteiger partial charge in [0.25, 0.3) is 15.9 Å². The number of aryl methyl sites for hydroxylation is 1. The molecular formula is C26H28FN3O4S. The van der Waals surface area contributed by atoms with Gasteiger partial charge in [0.2, 0.25) is 0 Å². The highest BCUT2D eigenvalue weighted by atomic mass is 32.2. The maximum Gasteiger partial charge on any atom is 0.262 e. The second-order valence-electron chi connectivity index (χ2n) is 8.43. The molecule has 0 bridgehead atoms. The van der Waals surface area contributed by atoms with Crippen LogP contribution >= 0.6 is 0 Å². The van der Waals surface area contributed by atoms with Gasteiger partial charge in [-0.05, 0) is 60.0 Å². The van der Waals surface area contributed by atoms with Gasteiger partial charge in [-0.15, -0.1) is 0 Å². The van der Waals surface area contributed by atoms with Crippen molar-refractivity contribution in [1.29, 1.82) is 0 Å². The van der Waals surface area contributed by atoms with E-state index < -0.39 is 15.8 Å². The first kappa shape index (κ1) is 24.8. The van der Waals surface area contributed by atoms with Crippen LogP contribution in [0.3, 0.4) is 0 Å². The first-order valence-electron chi connectivity index (χ1n) is 11.4. The van der Waals surface area contributed by atoms with Gasteiger partial charge in [-0.25, -0.2) is 12.8 Å². The summed E-state index contributed by atoms with van der Waals surface area (Å²) in [6.45, 7) is 5.92. The van der Waals surface area contributed by atoms with E-state index in [4.69, 9.17) is 4.74 Å². The van der Waals surface area contributed by atoms with Crippen LogP contribution in [0.4, 0.5) is 10.1 Å². The Labute approximate surface area is 205 Å². The van der Waals surface area contributed by atoms with Crippen molar-refractivity contribution in [2.45, 2.75) is 24.9 Å². The van der Waals surface area contributed by atoms with Crippen LogP contribution in [0.5, 0.6) is 0 Å². The molecule has 1 amide bonds. The van der Waals surface area contributed by atoms with Gasteiger partial charge in [-0.2, -0.15) is 0 Å². The van der Waals surface area contributed by atoms with Gasteiger partial charge in [0.1, 0.15) is 5.82 Å². The number of anilines is 1. The molecule has 9 heteroatoms. The summed E-state index contributed by atoms with van der Waals surface area (Å²) in [5.74, 6) is -0.835. The number of morpholine rings is 1. The van der Waals surface area contributed by atoms with Crippen LogP contribution in [-0.2, 0) is 27.8 Å². The van der Waals surface area contributed by atoms with Crippen molar-refractivity contribution in [3.05, 3.63) is 94.8 Å². The van der Waals surface area contributed by atoms with Gasteiger partial charge in [0.15, 0.2) is 0 Å². The molecule has 0 aromatic heterocycles. The molecule has 1 heterocycles. The Morgan fingerprint density at radius 3 is 2.40 bits per heavy atom. The van der Waals surface area contributed by atoms with Crippen LogP contribution in [-0.4, -0.2) is 45.5 Å². The molecule has 0 unspecified atom stereocenters. The Morgan fingerprint density at radius 1 is 1.00 bits per heavy atom. The number of hydrogen-bond donors (Lipinski definition) is 2. The molecule has 1 saturated heterocycles. The van der Waals surface area contributed by atoms with E-state index in [2.05, 4.69) is 21.0 Å². The molecule has 0 spiro atoms. The van der Waals surface area contributed by atoms with Crippen LogP contribution < -0.4 is 10.0 Å². The van der Waals surface area contributed by atoms with E-state index in [0.29, 0.717) is 25.3 Å². The average molecular weight is 498 g/mol. The summed E-state index contributed by atoms with van der Waals surface area (Å²) >= 11 is 0. The Hall–Kier alpha value is -3.27. The first-order chi connectivity index (χ1) is 16.8. The van der Waals surface area contributed by atoms with Crippen LogP contribution in [0.2, 0.25) is 0 Å². The lowest BCUT2D eigenvalue weighted by Crippen LogP contribution is -2.36.